The molecular formula is C18H26ClN7O2. The second-order valence-electron chi connectivity index (χ2n) is 6.68. The fourth-order valence-electron chi connectivity index (χ4n) is 3.31. The maximum Gasteiger partial charge on any atom is 0.227 e. The van der Waals surface area contributed by atoms with Crippen LogP contribution in [0.25, 0.3) is 5.69 Å². The van der Waals surface area contributed by atoms with Crippen molar-refractivity contribution in [1.82, 2.24) is 30.4 Å². The molecule has 1 unspecified atom stereocenters. The molecule has 0 spiro atoms. The van der Waals surface area contributed by atoms with E-state index in [-0.39, 0.29) is 30.3 Å². The van der Waals surface area contributed by atoms with Crippen LogP contribution in [-0.2, 0) is 16.0 Å². The molecule has 1 aliphatic heterocycles. The van der Waals surface area contributed by atoms with E-state index < -0.39 is 0 Å². The maximum absolute atomic E-state index is 12.8. The zero-order chi connectivity index (χ0) is 19.1. The van der Waals surface area contributed by atoms with Gasteiger partial charge in [-0.25, -0.2) is 4.68 Å². The summed E-state index contributed by atoms with van der Waals surface area (Å²) < 4.78 is 1.57. The summed E-state index contributed by atoms with van der Waals surface area (Å²) in [6.45, 7) is 1.56. The molecule has 2 heterocycles. The van der Waals surface area contributed by atoms with Crippen LogP contribution < -0.4 is 11.1 Å². The number of benzene rings is 1. The minimum Gasteiger partial charge on any atom is -0.354 e. The van der Waals surface area contributed by atoms with Crippen molar-refractivity contribution < 1.29 is 9.59 Å². The van der Waals surface area contributed by atoms with Crippen molar-refractivity contribution in [2.75, 3.05) is 19.6 Å². The van der Waals surface area contributed by atoms with Crippen molar-refractivity contribution in [1.29, 1.82) is 0 Å². The third kappa shape index (κ3) is 5.74. The summed E-state index contributed by atoms with van der Waals surface area (Å²) in [7, 11) is 0. The van der Waals surface area contributed by atoms with Crippen molar-refractivity contribution in [2.24, 2.45) is 5.73 Å². The average Bonchev–Trinajstić information content (AvgIpc) is 3.22. The molecule has 1 atom stereocenters. The van der Waals surface area contributed by atoms with Crippen LogP contribution in [0.3, 0.4) is 0 Å². The monoisotopic (exact) mass is 407 g/mol. The van der Waals surface area contributed by atoms with Crippen LogP contribution in [0.5, 0.6) is 0 Å². The first-order chi connectivity index (χ1) is 13.2. The number of carbonyl (C=O) groups is 2. The van der Waals surface area contributed by atoms with Gasteiger partial charge in [-0.2, -0.15) is 0 Å². The number of tetrazole rings is 1. The van der Waals surface area contributed by atoms with Crippen molar-refractivity contribution in [3.8, 4) is 5.69 Å². The Kier molecular flexibility index (Phi) is 8.34. The number of amides is 2. The van der Waals surface area contributed by atoms with Gasteiger partial charge in [-0.3, -0.25) is 9.59 Å². The maximum atomic E-state index is 12.8. The van der Waals surface area contributed by atoms with Gasteiger partial charge in [-0.1, -0.05) is 12.1 Å². The lowest BCUT2D eigenvalue weighted by Gasteiger charge is -2.36. The molecule has 3 N–H and O–H groups in total. The highest BCUT2D eigenvalue weighted by atomic mass is 35.5. The lowest BCUT2D eigenvalue weighted by atomic mass is 10.0. The lowest BCUT2D eigenvalue weighted by molar-refractivity contribution is -0.134. The number of aromatic nitrogens is 4. The van der Waals surface area contributed by atoms with Gasteiger partial charge in [0.05, 0.1) is 12.1 Å². The van der Waals surface area contributed by atoms with Crippen LogP contribution in [-0.4, -0.2) is 62.6 Å². The Bertz CT molecular complexity index is 752. The fraction of sp³-hybridized carbons (Fsp3) is 0.500. The van der Waals surface area contributed by atoms with E-state index in [0.29, 0.717) is 25.9 Å². The van der Waals surface area contributed by atoms with Gasteiger partial charge in [0.15, 0.2) is 0 Å². The van der Waals surface area contributed by atoms with Crippen LogP contribution in [0.4, 0.5) is 0 Å². The Labute approximate surface area is 170 Å². The lowest BCUT2D eigenvalue weighted by Crippen LogP contribution is -2.50. The number of nitrogens with one attached hydrogen (secondary N) is 1. The van der Waals surface area contributed by atoms with E-state index in [0.717, 1.165) is 37.1 Å². The number of rotatable bonds is 7. The summed E-state index contributed by atoms with van der Waals surface area (Å²) in [5.74, 6) is 0.0246. The van der Waals surface area contributed by atoms with Crippen LogP contribution in [0.1, 0.15) is 31.2 Å². The molecule has 2 aromatic rings. The van der Waals surface area contributed by atoms with Crippen LogP contribution in [0.2, 0.25) is 0 Å². The molecule has 0 aliphatic carbocycles. The molecule has 1 aromatic heterocycles. The fourth-order valence-corrected chi connectivity index (χ4v) is 3.31. The van der Waals surface area contributed by atoms with Crippen LogP contribution in [0, 0.1) is 0 Å². The predicted octanol–water partition coefficient (Wildman–Crippen LogP) is 0.473. The molecule has 28 heavy (non-hydrogen) atoms. The topological polar surface area (TPSA) is 119 Å². The summed E-state index contributed by atoms with van der Waals surface area (Å²) in [4.78, 5) is 26.4. The molecule has 1 saturated heterocycles. The SMILES string of the molecule is Cl.NCCC(=O)NCC1CCCCN1C(=O)Cc1ccc(-n2cnnn2)cc1. The summed E-state index contributed by atoms with van der Waals surface area (Å²) in [5.41, 5.74) is 7.18. The molecule has 9 nitrogen and oxygen atoms in total. The minimum atomic E-state index is -0.0614. The van der Waals surface area contributed by atoms with E-state index in [4.69, 9.17) is 5.73 Å². The number of hydrogen-bond donors (Lipinski definition) is 2. The van der Waals surface area contributed by atoms with E-state index in [2.05, 4.69) is 20.8 Å². The largest absolute Gasteiger partial charge is 0.354 e. The molecular weight excluding hydrogens is 382 g/mol. The van der Waals surface area contributed by atoms with Crippen molar-refractivity contribution in [2.45, 2.75) is 38.1 Å². The number of halogens is 1. The molecule has 0 radical (unpaired) electrons. The number of hydrogen-bond acceptors (Lipinski definition) is 6. The van der Waals surface area contributed by atoms with Crippen molar-refractivity contribution in [3.05, 3.63) is 36.2 Å². The number of nitrogens with two attached hydrogens (primary N) is 1. The zero-order valence-electron chi connectivity index (χ0n) is 15.7. The Morgan fingerprint density at radius 3 is 2.68 bits per heavy atom. The van der Waals surface area contributed by atoms with Crippen LogP contribution >= 0.6 is 12.4 Å². The van der Waals surface area contributed by atoms with E-state index in [1.165, 1.54) is 6.33 Å². The smallest absolute Gasteiger partial charge is 0.227 e. The third-order valence-electron chi connectivity index (χ3n) is 4.76. The summed E-state index contributed by atoms with van der Waals surface area (Å²) in [6, 6.07) is 7.65. The molecule has 0 saturated carbocycles. The molecule has 3 rings (SSSR count). The van der Waals surface area contributed by atoms with E-state index in [1.807, 2.05) is 29.2 Å². The van der Waals surface area contributed by atoms with Crippen molar-refractivity contribution in [3.63, 3.8) is 0 Å². The Hall–Kier alpha value is -2.52. The van der Waals surface area contributed by atoms with Gasteiger partial charge in [0.25, 0.3) is 0 Å². The average molecular weight is 408 g/mol. The molecule has 10 heteroatoms. The Morgan fingerprint density at radius 1 is 1.21 bits per heavy atom. The zero-order valence-corrected chi connectivity index (χ0v) is 16.5. The van der Waals surface area contributed by atoms with E-state index in [9.17, 15) is 9.59 Å². The first-order valence-corrected chi connectivity index (χ1v) is 9.26. The van der Waals surface area contributed by atoms with Gasteiger partial charge in [-0.05, 0) is 47.4 Å². The number of piperidine rings is 1. The highest BCUT2D eigenvalue weighted by Gasteiger charge is 2.26. The first-order valence-electron chi connectivity index (χ1n) is 9.26. The molecule has 152 valence electrons. The highest BCUT2D eigenvalue weighted by Crippen LogP contribution is 2.18. The molecule has 1 aromatic carbocycles. The van der Waals surface area contributed by atoms with Gasteiger partial charge >= 0.3 is 0 Å². The van der Waals surface area contributed by atoms with Gasteiger partial charge in [-0.15, -0.1) is 17.5 Å². The molecule has 1 aliphatic rings. The standard InChI is InChI=1S/C18H25N7O2.ClH/c19-9-8-17(26)20-12-16-3-1-2-10-24(16)18(27)11-14-4-6-15(7-5-14)25-13-21-22-23-25;/h4-7,13,16H,1-3,8-12,19H2,(H,20,26);1H. The number of nitrogens with zero attached hydrogens (tertiary/aromatic N) is 5. The number of likely N-dealkylation sites (tertiary alicyclic amines) is 1. The van der Waals surface area contributed by atoms with Gasteiger partial charge in [0, 0.05) is 32.1 Å². The van der Waals surface area contributed by atoms with E-state index >= 15 is 0 Å². The number of carbonyl (C=O) groups excluding carboxylic acids is 2. The quantitative estimate of drug-likeness (QED) is 0.688. The van der Waals surface area contributed by atoms with Crippen LogP contribution in [0.15, 0.2) is 30.6 Å². The summed E-state index contributed by atoms with van der Waals surface area (Å²) >= 11 is 0. The van der Waals surface area contributed by atoms with Gasteiger partial charge < -0.3 is 16.0 Å². The van der Waals surface area contributed by atoms with Gasteiger partial charge in [0.2, 0.25) is 11.8 Å². The van der Waals surface area contributed by atoms with Gasteiger partial charge in [0.1, 0.15) is 6.33 Å². The molecule has 2 amide bonds. The summed E-state index contributed by atoms with van der Waals surface area (Å²) in [5, 5.41) is 14.0. The Balaban J connectivity index is 0.00000280. The molecule has 0 bridgehead atoms. The normalized spacial score (nSPS) is 16.3. The first kappa shape index (κ1) is 21.8. The minimum absolute atomic E-state index is 0. The second-order valence-corrected chi connectivity index (χ2v) is 6.68. The van der Waals surface area contributed by atoms with Crippen molar-refractivity contribution >= 4 is 24.2 Å². The second kappa shape index (κ2) is 10.7. The highest BCUT2D eigenvalue weighted by molar-refractivity contribution is 5.85. The third-order valence-corrected chi connectivity index (χ3v) is 4.76. The van der Waals surface area contributed by atoms with E-state index in [1.54, 1.807) is 4.68 Å². The Morgan fingerprint density at radius 2 is 2.00 bits per heavy atom. The predicted molar refractivity (Wildman–Crippen MR) is 106 cm³/mol. The molecule has 1 fully saturated rings. The summed E-state index contributed by atoms with van der Waals surface area (Å²) in [6.07, 6.45) is 5.15.